The molecule has 1 amide bonds. The van der Waals surface area contributed by atoms with E-state index in [1.165, 1.54) is 25.2 Å². The summed E-state index contributed by atoms with van der Waals surface area (Å²) in [5, 5.41) is 24.2. The molecule has 0 saturated carbocycles. The standard InChI is InChI=1S/C11H11Cl2N3O6/c1-2-22-10(18)8(15-19)9(17)14-7-5-3-4-6(12)11(7,13)16(20)21/h3-5,7,19H,2H2,1H3,(H,14,17). The first-order valence-corrected chi connectivity index (χ1v) is 6.62. The fraction of sp³-hybridized carbons (Fsp3) is 0.364. The third-order valence-corrected chi connectivity index (χ3v) is 3.72. The highest BCUT2D eigenvalue weighted by atomic mass is 35.5. The van der Waals surface area contributed by atoms with Crippen LogP contribution in [0.4, 0.5) is 0 Å². The van der Waals surface area contributed by atoms with Crippen LogP contribution < -0.4 is 5.32 Å². The molecule has 2 unspecified atom stereocenters. The number of ether oxygens (including phenoxy) is 1. The molecule has 2 N–H and O–H groups in total. The number of allylic oxidation sites excluding steroid dienone is 2. The molecular formula is C11H11Cl2N3O6. The van der Waals surface area contributed by atoms with Gasteiger partial charge in [-0.3, -0.25) is 14.9 Å². The van der Waals surface area contributed by atoms with Crippen LogP contribution in [0.3, 0.4) is 0 Å². The first-order valence-electron chi connectivity index (χ1n) is 5.86. The van der Waals surface area contributed by atoms with Crippen molar-refractivity contribution in [1.29, 1.82) is 0 Å². The third kappa shape index (κ3) is 3.37. The number of esters is 1. The van der Waals surface area contributed by atoms with Crippen molar-refractivity contribution in [2.24, 2.45) is 5.16 Å². The monoisotopic (exact) mass is 351 g/mol. The van der Waals surface area contributed by atoms with E-state index in [2.05, 4.69) is 15.2 Å². The van der Waals surface area contributed by atoms with Crippen molar-refractivity contribution in [3.05, 3.63) is 33.4 Å². The smallest absolute Gasteiger partial charge is 0.366 e. The zero-order valence-electron chi connectivity index (χ0n) is 11.2. The van der Waals surface area contributed by atoms with Crippen LogP contribution in [0.2, 0.25) is 0 Å². The second kappa shape index (κ2) is 7.23. The number of alkyl halides is 1. The fourth-order valence-electron chi connectivity index (χ4n) is 1.58. The Hall–Kier alpha value is -2.13. The third-order valence-electron chi connectivity index (χ3n) is 2.63. The van der Waals surface area contributed by atoms with Gasteiger partial charge in [0.05, 0.1) is 11.5 Å². The Morgan fingerprint density at radius 1 is 1.64 bits per heavy atom. The molecule has 22 heavy (non-hydrogen) atoms. The van der Waals surface area contributed by atoms with Crippen LogP contribution in [0.15, 0.2) is 28.4 Å². The van der Waals surface area contributed by atoms with Gasteiger partial charge in [0.25, 0.3) is 11.6 Å². The summed E-state index contributed by atoms with van der Waals surface area (Å²) in [5.74, 6) is -2.39. The molecular weight excluding hydrogens is 341 g/mol. The van der Waals surface area contributed by atoms with Gasteiger partial charge in [-0.25, -0.2) is 4.79 Å². The summed E-state index contributed by atoms with van der Waals surface area (Å²) in [7, 11) is 0. The molecule has 0 heterocycles. The second-order valence-electron chi connectivity index (χ2n) is 3.95. The van der Waals surface area contributed by atoms with Gasteiger partial charge in [-0.15, -0.1) is 0 Å². The summed E-state index contributed by atoms with van der Waals surface area (Å²) in [6.45, 7) is 1.42. The topological polar surface area (TPSA) is 131 Å². The summed E-state index contributed by atoms with van der Waals surface area (Å²) in [4.78, 5) is 31.2. The van der Waals surface area contributed by atoms with Gasteiger partial charge in [0.15, 0.2) is 0 Å². The molecule has 0 radical (unpaired) electrons. The number of halogens is 2. The van der Waals surface area contributed by atoms with Crippen molar-refractivity contribution in [2.45, 2.75) is 18.0 Å². The predicted molar refractivity (Wildman–Crippen MR) is 76.4 cm³/mol. The minimum Gasteiger partial charge on any atom is -0.461 e. The fourth-order valence-corrected chi connectivity index (χ4v) is 2.03. The van der Waals surface area contributed by atoms with Crippen LogP contribution >= 0.6 is 23.2 Å². The van der Waals surface area contributed by atoms with Gasteiger partial charge in [0.1, 0.15) is 11.1 Å². The van der Waals surface area contributed by atoms with Gasteiger partial charge in [0.2, 0.25) is 0 Å². The number of amides is 1. The van der Waals surface area contributed by atoms with E-state index >= 15 is 0 Å². The molecule has 2 atom stereocenters. The van der Waals surface area contributed by atoms with E-state index < -0.39 is 33.6 Å². The number of hydrogen-bond donors (Lipinski definition) is 2. The molecule has 0 spiro atoms. The lowest BCUT2D eigenvalue weighted by molar-refractivity contribution is -0.531. The molecule has 0 aromatic rings. The molecule has 0 aromatic heterocycles. The highest BCUT2D eigenvalue weighted by Gasteiger charge is 2.53. The second-order valence-corrected chi connectivity index (χ2v) is 4.93. The molecule has 11 heteroatoms. The Kier molecular flexibility index (Phi) is 5.89. The van der Waals surface area contributed by atoms with E-state index in [0.717, 1.165) is 0 Å². The predicted octanol–water partition coefficient (Wildman–Crippen LogP) is 0.769. The number of nitrogens with zero attached hydrogens (tertiary/aromatic N) is 2. The van der Waals surface area contributed by atoms with E-state index in [4.69, 9.17) is 28.4 Å². The van der Waals surface area contributed by atoms with Crippen molar-refractivity contribution in [1.82, 2.24) is 5.32 Å². The van der Waals surface area contributed by atoms with Crippen LogP contribution in [0, 0.1) is 10.1 Å². The Labute approximate surface area is 134 Å². The SMILES string of the molecule is CCOC(=O)C(=NO)C(=O)NC1C=CC=C(Cl)C1(Cl)[N+](=O)[O-]. The summed E-state index contributed by atoms with van der Waals surface area (Å²) in [5.41, 5.74) is -0.969. The summed E-state index contributed by atoms with van der Waals surface area (Å²) < 4.78 is 4.51. The van der Waals surface area contributed by atoms with Gasteiger partial charge < -0.3 is 15.3 Å². The average Bonchev–Trinajstić information content (AvgIpc) is 2.44. The molecule has 0 saturated heterocycles. The van der Waals surface area contributed by atoms with Crippen molar-refractivity contribution in [3.8, 4) is 0 Å². The zero-order valence-corrected chi connectivity index (χ0v) is 12.7. The molecule has 120 valence electrons. The molecule has 0 fully saturated rings. The van der Waals surface area contributed by atoms with Crippen molar-refractivity contribution in [3.63, 3.8) is 0 Å². The van der Waals surface area contributed by atoms with Gasteiger partial charge >= 0.3 is 11.0 Å². The molecule has 1 aliphatic carbocycles. The van der Waals surface area contributed by atoms with Crippen molar-refractivity contribution >= 4 is 40.8 Å². The largest absolute Gasteiger partial charge is 0.461 e. The molecule has 0 aliphatic heterocycles. The van der Waals surface area contributed by atoms with Gasteiger partial charge in [0, 0.05) is 0 Å². The molecule has 0 aromatic carbocycles. The zero-order chi connectivity index (χ0) is 16.9. The number of carbonyl (C=O) groups is 2. The van der Waals surface area contributed by atoms with Gasteiger partial charge in [-0.1, -0.05) is 28.9 Å². The number of carbonyl (C=O) groups excluding carboxylic acids is 2. The summed E-state index contributed by atoms with van der Waals surface area (Å²) in [6.07, 6.45) is 3.75. The maximum absolute atomic E-state index is 11.9. The lowest BCUT2D eigenvalue weighted by Crippen LogP contribution is -2.56. The number of hydrogen-bond acceptors (Lipinski definition) is 7. The van der Waals surface area contributed by atoms with Crippen LogP contribution in [0.1, 0.15) is 6.92 Å². The van der Waals surface area contributed by atoms with Gasteiger partial charge in [-0.2, -0.15) is 0 Å². The minimum atomic E-state index is -2.33. The number of rotatable bonds is 5. The Morgan fingerprint density at radius 2 is 2.27 bits per heavy atom. The maximum atomic E-state index is 11.9. The van der Waals surface area contributed by atoms with E-state index in [-0.39, 0.29) is 11.6 Å². The van der Waals surface area contributed by atoms with E-state index in [1.54, 1.807) is 0 Å². The van der Waals surface area contributed by atoms with E-state index in [1.807, 2.05) is 0 Å². The lowest BCUT2D eigenvalue weighted by atomic mass is 10.0. The van der Waals surface area contributed by atoms with Crippen molar-refractivity contribution < 1.29 is 24.5 Å². The summed E-state index contributed by atoms with van der Waals surface area (Å²) >= 11 is 11.6. The molecule has 1 aliphatic rings. The Bertz CT molecular complexity index is 588. The number of nitro groups is 1. The van der Waals surface area contributed by atoms with Crippen LogP contribution in [0.25, 0.3) is 0 Å². The first kappa shape index (κ1) is 17.9. The molecule has 9 nitrogen and oxygen atoms in total. The molecule has 0 bridgehead atoms. The van der Waals surface area contributed by atoms with Crippen molar-refractivity contribution in [2.75, 3.05) is 6.61 Å². The quantitative estimate of drug-likeness (QED) is 0.110. The normalized spacial score (nSPS) is 24.4. The highest BCUT2D eigenvalue weighted by Crippen LogP contribution is 2.35. The highest BCUT2D eigenvalue weighted by molar-refractivity contribution is 6.63. The van der Waals surface area contributed by atoms with Gasteiger partial charge in [-0.05, 0) is 24.6 Å². The Morgan fingerprint density at radius 3 is 2.77 bits per heavy atom. The van der Waals surface area contributed by atoms with E-state index in [0.29, 0.717) is 0 Å². The van der Waals surface area contributed by atoms with E-state index in [9.17, 15) is 19.7 Å². The maximum Gasteiger partial charge on any atom is 0.366 e. The molecule has 1 rings (SSSR count). The lowest BCUT2D eigenvalue weighted by Gasteiger charge is -2.27. The number of nitrogens with one attached hydrogen (secondary N) is 1. The first-order chi connectivity index (χ1) is 10.3. The average molecular weight is 352 g/mol. The number of oxime groups is 1. The van der Waals surface area contributed by atoms with Crippen LogP contribution in [-0.4, -0.2) is 45.4 Å². The van der Waals surface area contributed by atoms with Crippen LogP contribution in [-0.2, 0) is 14.3 Å². The minimum absolute atomic E-state index is 0.0582. The Balaban J connectivity index is 3.00. The summed E-state index contributed by atoms with van der Waals surface area (Å²) in [6, 6.07) is -1.37. The van der Waals surface area contributed by atoms with Crippen LogP contribution in [0.5, 0.6) is 0 Å².